The van der Waals surface area contributed by atoms with Gasteiger partial charge in [-0.05, 0) is 111 Å². The van der Waals surface area contributed by atoms with Crippen LogP contribution in [0.4, 0.5) is 0 Å². The highest BCUT2D eigenvalue weighted by molar-refractivity contribution is 5.09. The van der Waals surface area contributed by atoms with Gasteiger partial charge in [-0.3, -0.25) is 4.90 Å². The predicted octanol–water partition coefficient (Wildman–Crippen LogP) is 6.09. The van der Waals surface area contributed by atoms with Gasteiger partial charge in [0.1, 0.15) is 0 Å². The number of nitrogens with zero attached hydrogens (tertiary/aromatic N) is 1. The Morgan fingerprint density at radius 2 is 1.08 bits per heavy atom. The van der Waals surface area contributed by atoms with E-state index in [0.717, 1.165) is 53.3 Å². The van der Waals surface area contributed by atoms with Crippen molar-refractivity contribution in [3.63, 3.8) is 0 Å². The molecule has 26 heavy (non-hydrogen) atoms. The Bertz CT molecular complexity index is 485. The summed E-state index contributed by atoms with van der Waals surface area (Å²) in [5, 5.41) is 0. The van der Waals surface area contributed by atoms with E-state index in [1.807, 2.05) is 0 Å². The van der Waals surface area contributed by atoms with Crippen LogP contribution in [0, 0.1) is 58.7 Å². The van der Waals surface area contributed by atoms with Crippen LogP contribution in [0.15, 0.2) is 0 Å². The van der Waals surface area contributed by atoms with E-state index < -0.39 is 0 Å². The van der Waals surface area contributed by atoms with Crippen LogP contribution in [0.25, 0.3) is 0 Å². The van der Waals surface area contributed by atoms with Gasteiger partial charge in [0.25, 0.3) is 0 Å². The third-order valence-corrected chi connectivity index (χ3v) is 11.5. The molecule has 1 heteroatoms. The average Bonchev–Trinajstić information content (AvgIpc) is 3.00. The molecule has 8 aliphatic rings. The zero-order valence-corrected chi connectivity index (χ0v) is 18.3. The molecule has 8 rings (SSSR count). The van der Waals surface area contributed by atoms with Gasteiger partial charge < -0.3 is 0 Å². The van der Waals surface area contributed by atoms with E-state index in [-0.39, 0.29) is 0 Å². The summed E-state index contributed by atoms with van der Waals surface area (Å²) in [6.45, 7) is 18.6. The topological polar surface area (TPSA) is 3.24 Å². The summed E-state index contributed by atoms with van der Waals surface area (Å²) < 4.78 is 0. The maximum absolute atomic E-state index is 2.97. The van der Waals surface area contributed by atoms with Crippen molar-refractivity contribution in [1.29, 1.82) is 0 Å². The second-order valence-electron chi connectivity index (χ2n) is 12.4. The van der Waals surface area contributed by atoms with Crippen LogP contribution >= 0.6 is 0 Å². The highest BCUT2D eigenvalue weighted by Gasteiger charge is 2.58. The lowest BCUT2D eigenvalue weighted by Gasteiger charge is -2.60. The van der Waals surface area contributed by atoms with Crippen LogP contribution in [-0.2, 0) is 0 Å². The highest BCUT2D eigenvalue weighted by atomic mass is 15.2. The molecule has 0 aromatic heterocycles. The summed E-state index contributed by atoms with van der Waals surface area (Å²) in [5.74, 6) is 8.97. The molecular weight excluding hydrogens is 314 g/mol. The Balaban J connectivity index is 1.59. The molecule has 8 bridgehead atoms. The quantitative estimate of drug-likeness (QED) is 0.507. The Morgan fingerprint density at radius 1 is 0.654 bits per heavy atom. The van der Waals surface area contributed by atoms with Gasteiger partial charge in [-0.15, -0.1) is 0 Å². The second-order valence-corrected chi connectivity index (χ2v) is 12.4. The lowest BCUT2D eigenvalue weighted by molar-refractivity contribution is -0.105. The Labute approximate surface area is 162 Å². The maximum atomic E-state index is 2.97. The minimum atomic E-state index is 0.337. The number of hydrogen-bond donors (Lipinski definition) is 0. The molecule has 0 spiro atoms. The van der Waals surface area contributed by atoms with E-state index in [1.165, 1.54) is 38.8 Å². The molecule has 0 aromatic carbocycles. The zero-order valence-electron chi connectivity index (χ0n) is 18.3. The van der Waals surface area contributed by atoms with Crippen LogP contribution in [0.5, 0.6) is 0 Å². The molecule has 3 saturated carbocycles. The summed E-state index contributed by atoms with van der Waals surface area (Å²) >= 11 is 0. The number of piperidine rings is 1. The van der Waals surface area contributed by atoms with Crippen molar-refractivity contribution >= 4 is 0 Å². The molecule has 6 unspecified atom stereocenters. The van der Waals surface area contributed by atoms with E-state index >= 15 is 0 Å². The first kappa shape index (κ1) is 18.0. The van der Waals surface area contributed by atoms with Gasteiger partial charge in [0.15, 0.2) is 0 Å². The summed E-state index contributed by atoms with van der Waals surface area (Å²) in [6.07, 6.45) is 9.17. The van der Waals surface area contributed by atoms with Crippen LogP contribution in [0.3, 0.4) is 0 Å². The zero-order chi connectivity index (χ0) is 18.4. The van der Waals surface area contributed by atoms with E-state index in [2.05, 4.69) is 46.4 Å². The SMILES string of the molecule is CC1C(C)C2C3CCC2CN(C3)C(C)(C)C(C)(C)C2CC3CCC(C2)C31. The van der Waals surface area contributed by atoms with Crippen LogP contribution < -0.4 is 0 Å². The average molecular weight is 358 g/mol. The second kappa shape index (κ2) is 5.74. The van der Waals surface area contributed by atoms with Crippen molar-refractivity contribution < 1.29 is 0 Å². The molecule has 1 nitrogen and oxygen atoms in total. The summed E-state index contributed by atoms with van der Waals surface area (Å²) in [7, 11) is 0. The van der Waals surface area contributed by atoms with Crippen LogP contribution in [0.1, 0.15) is 80.1 Å². The first-order chi connectivity index (χ1) is 12.2. The maximum Gasteiger partial charge on any atom is 0.0207 e. The van der Waals surface area contributed by atoms with Crippen molar-refractivity contribution in [3.8, 4) is 0 Å². The number of rotatable bonds is 0. The molecule has 6 atom stereocenters. The Hall–Kier alpha value is -0.0400. The molecule has 0 aromatic rings. The Morgan fingerprint density at radius 3 is 1.58 bits per heavy atom. The van der Waals surface area contributed by atoms with Crippen molar-refractivity contribution in [2.75, 3.05) is 13.1 Å². The fraction of sp³-hybridized carbons (Fsp3) is 1.00. The molecule has 3 aliphatic carbocycles. The largest absolute Gasteiger partial charge is 0.297 e. The molecular formula is C25H43N. The fourth-order valence-electron chi connectivity index (χ4n) is 9.21. The lowest BCUT2D eigenvalue weighted by Crippen LogP contribution is -2.62. The van der Waals surface area contributed by atoms with Crippen molar-refractivity contribution in [3.05, 3.63) is 0 Å². The van der Waals surface area contributed by atoms with E-state index in [1.54, 1.807) is 12.8 Å². The summed E-state index contributed by atoms with van der Waals surface area (Å²) in [4.78, 5) is 2.97. The molecule has 0 N–H and O–H groups in total. The van der Waals surface area contributed by atoms with Gasteiger partial charge in [0.05, 0.1) is 0 Å². The van der Waals surface area contributed by atoms with Crippen LogP contribution in [0.2, 0.25) is 0 Å². The lowest BCUT2D eigenvalue weighted by atomic mass is 9.53. The van der Waals surface area contributed by atoms with Crippen molar-refractivity contribution in [2.24, 2.45) is 58.7 Å². The summed E-state index contributed by atoms with van der Waals surface area (Å²) in [6, 6.07) is 0. The van der Waals surface area contributed by atoms with Crippen molar-refractivity contribution in [1.82, 2.24) is 4.90 Å². The van der Waals surface area contributed by atoms with E-state index in [0.29, 0.717) is 11.0 Å². The van der Waals surface area contributed by atoms with Gasteiger partial charge in [-0.2, -0.15) is 0 Å². The Kier molecular flexibility index (Phi) is 3.98. The minimum absolute atomic E-state index is 0.337. The fourth-order valence-corrected chi connectivity index (χ4v) is 9.21. The van der Waals surface area contributed by atoms with Gasteiger partial charge in [-0.1, -0.05) is 27.7 Å². The van der Waals surface area contributed by atoms with Gasteiger partial charge >= 0.3 is 0 Å². The van der Waals surface area contributed by atoms with E-state index in [4.69, 9.17) is 0 Å². The molecule has 0 radical (unpaired) electrons. The third-order valence-electron chi connectivity index (χ3n) is 11.5. The van der Waals surface area contributed by atoms with E-state index in [9.17, 15) is 0 Å². The first-order valence-corrected chi connectivity index (χ1v) is 12.0. The third kappa shape index (κ3) is 2.25. The van der Waals surface area contributed by atoms with Gasteiger partial charge in [0.2, 0.25) is 0 Å². The molecule has 8 fully saturated rings. The normalized spacial score (nSPS) is 57.0. The molecule has 0 amide bonds. The highest BCUT2D eigenvalue weighted by Crippen LogP contribution is 2.62. The van der Waals surface area contributed by atoms with Crippen molar-refractivity contribution in [2.45, 2.75) is 85.6 Å². The predicted molar refractivity (Wildman–Crippen MR) is 110 cm³/mol. The standard InChI is InChI=1S/C25H43N/c1-15-16(2)23-19-9-10-20(23)14-26(13-19)25(5,6)24(3,4)21-11-17-7-8-18(12-21)22(15)17/h15-23H,7-14H2,1-6H3. The first-order valence-electron chi connectivity index (χ1n) is 12.0. The van der Waals surface area contributed by atoms with Crippen LogP contribution in [-0.4, -0.2) is 23.5 Å². The molecule has 5 saturated heterocycles. The molecule has 5 aliphatic heterocycles. The molecule has 148 valence electrons. The number of hydrogen-bond acceptors (Lipinski definition) is 1. The van der Waals surface area contributed by atoms with Gasteiger partial charge in [0, 0.05) is 18.6 Å². The smallest absolute Gasteiger partial charge is 0.0207 e. The summed E-state index contributed by atoms with van der Waals surface area (Å²) in [5.41, 5.74) is 0.767. The minimum Gasteiger partial charge on any atom is -0.297 e. The van der Waals surface area contributed by atoms with Gasteiger partial charge in [-0.25, -0.2) is 0 Å². The monoisotopic (exact) mass is 357 g/mol. The molecule has 5 heterocycles.